The van der Waals surface area contributed by atoms with Gasteiger partial charge in [0.1, 0.15) is 12.4 Å². The average molecular weight is 495 g/mol. The van der Waals surface area contributed by atoms with E-state index in [9.17, 15) is 14.4 Å². The first-order valence-corrected chi connectivity index (χ1v) is 11.3. The van der Waals surface area contributed by atoms with Gasteiger partial charge in [0.15, 0.2) is 17.0 Å². The van der Waals surface area contributed by atoms with E-state index in [0.29, 0.717) is 29.0 Å². The summed E-state index contributed by atoms with van der Waals surface area (Å²) in [4.78, 5) is 48.0. The molecule has 0 fully saturated rings. The van der Waals surface area contributed by atoms with Crippen LogP contribution in [0.15, 0.2) is 94.4 Å². The Bertz CT molecular complexity index is 1630. The quantitative estimate of drug-likeness (QED) is 0.298. The fourth-order valence-electron chi connectivity index (χ4n) is 3.68. The maximum Gasteiger partial charge on any atom is 0.417 e. The summed E-state index contributed by atoms with van der Waals surface area (Å²) in [5, 5.41) is 5.52. The minimum Gasteiger partial charge on any atom is -0.486 e. The Kier molecular flexibility index (Phi) is 6.71. The molecule has 0 spiro atoms. The first-order valence-electron chi connectivity index (χ1n) is 11.3. The molecule has 10 heteroatoms. The molecule has 10 nitrogen and oxygen atoms in total. The van der Waals surface area contributed by atoms with E-state index in [1.165, 1.54) is 12.4 Å². The van der Waals surface area contributed by atoms with Crippen molar-refractivity contribution in [3.63, 3.8) is 0 Å². The van der Waals surface area contributed by atoms with E-state index >= 15 is 0 Å². The molecule has 0 unspecified atom stereocenters. The fourth-order valence-corrected chi connectivity index (χ4v) is 3.68. The highest BCUT2D eigenvalue weighted by molar-refractivity contribution is 6.05. The Morgan fingerprint density at radius 2 is 1.76 bits per heavy atom. The summed E-state index contributed by atoms with van der Waals surface area (Å²) in [6, 6.07) is 21.1. The second-order valence-corrected chi connectivity index (χ2v) is 8.00. The lowest BCUT2D eigenvalue weighted by atomic mass is 10.1. The number of oxazole rings is 1. The van der Waals surface area contributed by atoms with Crippen LogP contribution in [0.3, 0.4) is 0 Å². The number of pyridine rings is 2. The SMILES string of the molecule is O=C(Nc1cc(CNC(=O)c2cccc3oc(=O)[nH]c23)ccn1)c1ncccc1OCc1ccccc1. The molecular formula is C27H21N5O5. The Balaban J connectivity index is 1.24. The van der Waals surface area contributed by atoms with Gasteiger partial charge in [-0.1, -0.05) is 36.4 Å². The van der Waals surface area contributed by atoms with Gasteiger partial charge < -0.3 is 19.8 Å². The lowest BCUT2D eigenvalue weighted by molar-refractivity contribution is 0.0951. The molecule has 0 saturated heterocycles. The number of carbonyl (C=O) groups excluding carboxylic acids is 2. The molecule has 3 aromatic heterocycles. The number of fused-ring (bicyclic) bond motifs is 1. The Morgan fingerprint density at radius 3 is 2.62 bits per heavy atom. The highest BCUT2D eigenvalue weighted by Gasteiger charge is 2.16. The fraction of sp³-hybridized carbons (Fsp3) is 0.0741. The summed E-state index contributed by atoms with van der Waals surface area (Å²) in [6.07, 6.45) is 3.04. The number of hydrogen-bond donors (Lipinski definition) is 3. The minimum atomic E-state index is -0.633. The van der Waals surface area contributed by atoms with E-state index in [1.807, 2.05) is 30.3 Å². The zero-order valence-corrected chi connectivity index (χ0v) is 19.4. The topological polar surface area (TPSA) is 139 Å². The molecule has 0 saturated carbocycles. The largest absolute Gasteiger partial charge is 0.486 e. The molecule has 0 aliphatic rings. The second kappa shape index (κ2) is 10.6. The standard InChI is InChI=1S/C27H21N5O5/c33-25(19-8-4-9-21-23(19)32-27(35)37-21)30-15-18-11-13-28-22(14-18)31-26(34)24-20(10-5-12-29-24)36-16-17-6-2-1-3-7-17/h1-14H,15-16H2,(H,30,33)(H,32,35)(H,28,31,34). The van der Waals surface area contributed by atoms with Crippen molar-refractivity contribution in [1.29, 1.82) is 0 Å². The lowest BCUT2D eigenvalue weighted by Gasteiger charge is -2.11. The molecule has 184 valence electrons. The summed E-state index contributed by atoms with van der Waals surface area (Å²) >= 11 is 0. The molecule has 37 heavy (non-hydrogen) atoms. The summed E-state index contributed by atoms with van der Waals surface area (Å²) < 4.78 is 10.8. The van der Waals surface area contributed by atoms with E-state index in [0.717, 1.165) is 5.56 Å². The number of rotatable bonds is 8. The first kappa shape index (κ1) is 23.5. The Labute approximate surface area is 210 Å². The summed E-state index contributed by atoms with van der Waals surface area (Å²) in [5.41, 5.74) is 2.70. The third kappa shape index (κ3) is 5.54. The Hall–Kier alpha value is -5.25. The number of hydrogen-bond acceptors (Lipinski definition) is 7. The molecule has 3 N–H and O–H groups in total. The van der Waals surface area contributed by atoms with E-state index in [-0.39, 0.29) is 23.6 Å². The van der Waals surface area contributed by atoms with Crippen LogP contribution in [0.2, 0.25) is 0 Å². The average Bonchev–Trinajstić information content (AvgIpc) is 3.32. The summed E-state index contributed by atoms with van der Waals surface area (Å²) in [7, 11) is 0. The van der Waals surface area contributed by atoms with Crippen LogP contribution < -0.4 is 21.1 Å². The van der Waals surface area contributed by atoms with E-state index in [1.54, 1.807) is 42.5 Å². The minimum absolute atomic E-state index is 0.126. The van der Waals surface area contributed by atoms with Crippen molar-refractivity contribution in [1.82, 2.24) is 20.3 Å². The van der Waals surface area contributed by atoms with Gasteiger partial charge in [-0.25, -0.2) is 14.8 Å². The lowest BCUT2D eigenvalue weighted by Crippen LogP contribution is -2.23. The van der Waals surface area contributed by atoms with Crippen LogP contribution in [0.1, 0.15) is 32.0 Å². The van der Waals surface area contributed by atoms with Crippen LogP contribution in [-0.2, 0) is 13.2 Å². The monoisotopic (exact) mass is 495 g/mol. The van der Waals surface area contributed by atoms with Crippen LogP contribution in [0.5, 0.6) is 5.75 Å². The number of nitrogens with zero attached hydrogens (tertiary/aromatic N) is 2. The van der Waals surface area contributed by atoms with Crippen molar-refractivity contribution in [2.45, 2.75) is 13.2 Å². The van der Waals surface area contributed by atoms with Crippen molar-refractivity contribution in [3.8, 4) is 5.75 Å². The molecule has 2 amide bonds. The van der Waals surface area contributed by atoms with Crippen LogP contribution in [0.25, 0.3) is 11.1 Å². The maximum atomic E-state index is 12.9. The smallest absolute Gasteiger partial charge is 0.417 e. The molecule has 3 heterocycles. The van der Waals surface area contributed by atoms with Gasteiger partial charge >= 0.3 is 5.76 Å². The second-order valence-electron chi connectivity index (χ2n) is 8.00. The molecule has 5 aromatic rings. The Morgan fingerprint density at radius 1 is 0.892 bits per heavy atom. The van der Waals surface area contributed by atoms with Crippen molar-refractivity contribution < 1.29 is 18.7 Å². The van der Waals surface area contributed by atoms with Gasteiger partial charge in [-0.2, -0.15) is 0 Å². The van der Waals surface area contributed by atoms with Crippen molar-refractivity contribution in [2.24, 2.45) is 0 Å². The van der Waals surface area contributed by atoms with E-state index in [2.05, 4.69) is 25.6 Å². The van der Waals surface area contributed by atoms with E-state index in [4.69, 9.17) is 9.15 Å². The third-order valence-corrected chi connectivity index (χ3v) is 5.44. The van der Waals surface area contributed by atoms with Crippen LogP contribution in [-0.4, -0.2) is 26.8 Å². The molecule has 0 radical (unpaired) electrons. The van der Waals surface area contributed by atoms with Gasteiger partial charge in [-0.05, 0) is 47.5 Å². The number of nitrogens with one attached hydrogen (secondary N) is 3. The number of para-hydroxylation sites is 1. The van der Waals surface area contributed by atoms with E-state index < -0.39 is 17.6 Å². The molecule has 0 aliphatic heterocycles. The maximum absolute atomic E-state index is 12.9. The van der Waals surface area contributed by atoms with Crippen LogP contribution in [0, 0.1) is 0 Å². The summed E-state index contributed by atoms with van der Waals surface area (Å²) in [5.74, 6) is -0.866. The number of H-pyrrole nitrogens is 1. The number of aromatic amines is 1. The van der Waals surface area contributed by atoms with Crippen molar-refractivity contribution in [3.05, 3.63) is 118 Å². The number of amides is 2. The molecular weight excluding hydrogens is 474 g/mol. The van der Waals surface area contributed by atoms with Crippen molar-refractivity contribution in [2.75, 3.05) is 5.32 Å². The molecule has 0 bridgehead atoms. The van der Waals surface area contributed by atoms with Gasteiger partial charge in [-0.3, -0.25) is 14.6 Å². The molecule has 2 aromatic carbocycles. The highest BCUT2D eigenvalue weighted by atomic mass is 16.5. The molecule has 0 atom stereocenters. The first-order chi connectivity index (χ1) is 18.1. The number of carbonyl (C=O) groups is 2. The van der Waals surface area contributed by atoms with Gasteiger partial charge in [0, 0.05) is 18.9 Å². The molecule has 5 rings (SSSR count). The number of ether oxygens (including phenoxy) is 1. The van der Waals surface area contributed by atoms with Crippen LogP contribution >= 0.6 is 0 Å². The number of benzene rings is 2. The molecule has 0 aliphatic carbocycles. The number of anilines is 1. The number of aromatic nitrogens is 3. The van der Waals surface area contributed by atoms with Gasteiger partial charge in [-0.15, -0.1) is 0 Å². The van der Waals surface area contributed by atoms with Crippen molar-refractivity contribution >= 4 is 28.7 Å². The zero-order chi connectivity index (χ0) is 25.6. The predicted octanol–water partition coefficient (Wildman–Crippen LogP) is 3.67. The third-order valence-electron chi connectivity index (χ3n) is 5.44. The van der Waals surface area contributed by atoms with Gasteiger partial charge in [0.25, 0.3) is 11.8 Å². The van der Waals surface area contributed by atoms with Gasteiger partial charge in [0.05, 0.1) is 11.1 Å². The van der Waals surface area contributed by atoms with Crippen LogP contribution in [0.4, 0.5) is 5.82 Å². The highest BCUT2D eigenvalue weighted by Crippen LogP contribution is 2.19. The summed E-state index contributed by atoms with van der Waals surface area (Å²) in [6.45, 7) is 0.457. The normalized spacial score (nSPS) is 10.7. The van der Waals surface area contributed by atoms with Gasteiger partial charge in [0.2, 0.25) is 0 Å². The predicted molar refractivity (Wildman–Crippen MR) is 135 cm³/mol. The zero-order valence-electron chi connectivity index (χ0n) is 19.4.